The number of aromatic nitrogens is 1. The molecule has 1 aliphatic carbocycles. The molecule has 0 bridgehead atoms. The third-order valence-electron chi connectivity index (χ3n) is 2.58. The van der Waals surface area contributed by atoms with Crippen LogP contribution in [0, 0.1) is 24.0 Å². The zero-order chi connectivity index (χ0) is 12.1. The molecule has 86 valence electrons. The highest BCUT2D eigenvalue weighted by atomic mass is 16.4. The van der Waals surface area contributed by atoms with E-state index < -0.39 is 0 Å². The summed E-state index contributed by atoms with van der Waals surface area (Å²) in [6.45, 7) is 1.94. The fourth-order valence-corrected chi connectivity index (χ4v) is 1.73. The maximum atomic E-state index is 10.4. The Bertz CT molecular complexity index is 533. The third kappa shape index (κ3) is 3.18. The van der Waals surface area contributed by atoms with Crippen LogP contribution in [0.5, 0.6) is 0 Å². The fraction of sp³-hybridized carbons (Fsp3) is 0.286. The Morgan fingerprint density at radius 1 is 1.29 bits per heavy atom. The first-order chi connectivity index (χ1) is 8.28. The first-order valence-electron chi connectivity index (χ1n) is 5.63. The van der Waals surface area contributed by atoms with Crippen LogP contribution in [-0.2, 0) is 0 Å². The Kier molecular flexibility index (Phi) is 3.56. The van der Waals surface area contributed by atoms with Gasteiger partial charge < -0.3 is 10.4 Å². The van der Waals surface area contributed by atoms with Crippen LogP contribution in [0.4, 0.5) is 0 Å². The normalized spacial score (nSPS) is 17.2. The molecule has 0 spiro atoms. The second-order valence-corrected chi connectivity index (χ2v) is 4.02. The molecule has 2 rings (SSSR count). The Morgan fingerprint density at radius 2 is 2.18 bits per heavy atom. The van der Waals surface area contributed by atoms with Crippen LogP contribution in [0.2, 0.25) is 0 Å². The average Bonchev–Trinajstić information content (AvgIpc) is 2.37. The first kappa shape index (κ1) is 11.4. The molecule has 0 amide bonds. The van der Waals surface area contributed by atoms with Gasteiger partial charge in [0.15, 0.2) is 0 Å². The lowest BCUT2D eigenvalue weighted by atomic mass is 9.98. The fourth-order valence-electron chi connectivity index (χ4n) is 1.73. The van der Waals surface area contributed by atoms with Gasteiger partial charge in [-0.25, -0.2) is 4.98 Å². The summed E-state index contributed by atoms with van der Waals surface area (Å²) in [4.78, 5) is 4.30. The van der Waals surface area contributed by atoms with E-state index in [0.29, 0.717) is 5.71 Å². The lowest BCUT2D eigenvalue weighted by Crippen LogP contribution is -2.01. The summed E-state index contributed by atoms with van der Waals surface area (Å²) in [6.07, 6.45) is 4.41. The minimum atomic E-state index is 0.595. The molecule has 0 unspecified atom stereocenters. The molecule has 0 aromatic carbocycles. The van der Waals surface area contributed by atoms with Crippen molar-refractivity contribution in [3.63, 3.8) is 0 Å². The van der Waals surface area contributed by atoms with Crippen molar-refractivity contribution < 1.29 is 0 Å². The van der Waals surface area contributed by atoms with E-state index in [1.165, 1.54) is 0 Å². The Morgan fingerprint density at radius 3 is 2.94 bits per heavy atom. The van der Waals surface area contributed by atoms with Crippen LogP contribution in [0.15, 0.2) is 35.0 Å². The van der Waals surface area contributed by atoms with Gasteiger partial charge in [0.05, 0.1) is 0 Å². The first-order valence-corrected chi connectivity index (χ1v) is 5.63. The summed E-state index contributed by atoms with van der Waals surface area (Å²) in [7, 11) is 0. The van der Waals surface area contributed by atoms with E-state index in [1.54, 1.807) is 6.08 Å². The van der Waals surface area contributed by atoms with Crippen molar-refractivity contribution in [3.05, 3.63) is 46.4 Å². The highest BCUT2D eigenvalue weighted by Gasteiger charge is 2.05. The van der Waals surface area contributed by atoms with Crippen molar-refractivity contribution in [1.29, 1.82) is 0 Å². The molecule has 0 saturated heterocycles. The number of rotatable bonds is 0. The van der Waals surface area contributed by atoms with E-state index in [0.717, 1.165) is 36.2 Å². The quantitative estimate of drug-likeness (QED) is 0.503. The van der Waals surface area contributed by atoms with Gasteiger partial charge in [-0.3, -0.25) is 0 Å². The molecular weight excluding hydrogens is 212 g/mol. The number of hydrogen-bond donors (Lipinski definition) is 0. The van der Waals surface area contributed by atoms with Crippen LogP contribution in [0.25, 0.3) is 0 Å². The van der Waals surface area contributed by atoms with Crippen LogP contribution in [-0.4, -0.2) is 10.7 Å². The second-order valence-electron chi connectivity index (χ2n) is 4.02. The van der Waals surface area contributed by atoms with E-state index in [9.17, 15) is 5.21 Å². The molecule has 0 saturated carbocycles. The number of hydrogen-bond acceptors (Lipinski definition) is 3. The van der Waals surface area contributed by atoms with Gasteiger partial charge in [-0.15, -0.1) is 0 Å². The third-order valence-corrected chi connectivity index (χ3v) is 2.58. The van der Waals surface area contributed by atoms with Crippen molar-refractivity contribution in [3.8, 4) is 11.8 Å². The molecule has 1 heterocycles. The Labute approximate surface area is 101 Å². The molecule has 0 aliphatic heterocycles. The van der Waals surface area contributed by atoms with Gasteiger partial charge in [-0.1, -0.05) is 12.0 Å². The van der Waals surface area contributed by atoms with Crippen molar-refractivity contribution in [1.82, 2.24) is 4.98 Å². The van der Waals surface area contributed by atoms with Crippen molar-refractivity contribution in [2.75, 3.05) is 0 Å². The van der Waals surface area contributed by atoms with Crippen LogP contribution >= 0.6 is 0 Å². The van der Waals surface area contributed by atoms with E-state index in [2.05, 4.69) is 22.0 Å². The summed E-state index contributed by atoms with van der Waals surface area (Å²) < 4.78 is 0. The largest absolute Gasteiger partial charge is 0.792 e. The molecule has 1 aromatic rings. The number of aryl methyl sites for hydroxylation is 1. The van der Waals surface area contributed by atoms with Crippen molar-refractivity contribution in [2.45, 2.75) is 26.2 Å². The maximum Gasteiger partial charge on any atom is 0.113 e. The standard InChI is InChI=1S/C14H14N2O/c1-11-4-2-6-13(15-11)9-8-12-5-3-7-14(10-12)16-17/h2,4,6,10,17H,3,5,7H2,1H3/p-1/b16-14+. The highest BCUT2D eigenvalue weighted by Crippen LogP contribution is 2.15. The van der Waals surface area contributed by atoms with Gasteiger partial charge >= 0.3 is 0 Å². The monoisotopic (exact) mass is 225 g/mol. The van der Waals surface area contributed by atoms with Gasteiger partial charge in [-0.2, -0.15) is 0 Å². The molecule has 1 aromatic heterocycles. The molecule has 3 nitrogen and oxygen atoms in total. The van der Waals surface area contributed by atoms with E-state index in [1.807, 2.05) is 25.1 Å². The Hall–Kier alpha value is -2.08. The predicted molar refractivity (Wildman–Crippen MR) is 68.6 cm³/mol. The van der Waals surface area contributed by atoms with Gasteiger partial charge in [0, 0.05) is 17.0 Å². The number of allylic oxidation sites excluding steroid dienone is 2. The number of nitrogens with zero attached hydrogens (tertiary/aromatic N) is 2. The van der Waals surface area contributed by atoms with Crippen LogP contribution < -0.4 is 0 Å². The molecule has 17 heavy (non-hydrogen) atoms. The molecule has 0 radical (unpaired) electrons. The van der Waals surface area contributed by atoms with Crippen LogP contribution in [0.3, 0.4) is 0 Å². The number of pyridine rings is 1. The van der Waals surface area contributed by atoms with Gasteiger partial charge in [0.2, 0.25) is 0 Å². The SMILES string of the molecule is Cc1cccc(C#CC2=C/C(=N/[O-])CCC2)n1. The average molecular weight is 225 g/mol. The van der Waals surface area contributed by atoms with Gasteiger partial charge in [-0.05, 0) is 50.3 Å². The zero-order valence-corrected chi connectivity index (χ0v) is 9.73. The minimum absolute atomic E-state index is 0.595. The molecule has 1 aliphatic rings. The van der Waals surface area contributed by atoms with Crippen LogP contribution in [0.1, 0.15) is 30.7 Å². The topological polar surface area (TPSA) is 48.3 Å². The Balaban J connectivity index is 2.19. The summed E-state index contributed by atoms with van der Waals surface area (Å²) in [5, 5.41) is 13.4. The minimum Gasteiger partial charge on any atom is -0.792 e. The summed E-state index contributed by atoms with van der Waals surface area (Å²) >= 11 is 0. The molecular formula is C14H13N2O-. The maximum absolute atomic E-state index is 10.4. The van der Waals surface area contributed by atoms with E-state index >= 15 is 0 Å². The molecule has 0 atom stereocenters. The van der Waals surface area contributed by atoms with E-state index in [-0.39, 0.29) is 0 Å². The lowest BCUT2D eigenvalue weighted by molar-refractivity contribution is 0.857. The van der Waals surface area contributed by atoms with E-state index in [4.69, 9.17) is 0 Å². The predicted octanol–water partition coefficient (Wildman–Crippen LogP) is 2.79. The molecule has 3 heteroatoms. The summed E-state index contributed by atoms with van der Waals surface area (Å²) in [5.41, 5.74) is 3.28. The second kappa shape index (κ2) is 5.31. The zero-order valence-electron chi connectivity index (χ0n) is 9.73. The molecule has 0 N–H and O–H groups in total. The lowest BCUT2D eigenvalue weighted by Gasteiger charge is -2.10. The smallest absolute Gasteiger partial charge is 0.113 e. The van der Waals surface area contributed by atoms with Gasteiger partial charge in [0.1, 0.15) is 5.69 Å². The molecule has 0 fully saturated rings. The highest BCUT2D eigenvalue weighted by molar-refractivity contribution is 5.97. The summed E-state index contributed by atoms with van der Waals surface area (Å²) in [5.74, 6) is 6.07. The summed E-state index contributed by atoms with van der Waals surface area (Å²) in [6, 6.07) is 5.76. The van der Waals surface area contributed by atoms with Crippen molar-refractivity contribution in [2.24, 2.45) is 5.16 Å². The van der Waals surface area contributed by atoms with Gasteiger partial charge in [0.25, 0.3) is 0 Å². The van der Waals surface area contributed by atoms with Crippen molar-refractivity contribution >= 4 is 5.71 Å².